The molecule has 0 saturated carbocycles. The van der Waals surface area contributed by atoms with Gasteiger partial charge >= 0.3 is 0 Å². The molecule has 4 heteroatoms. The van der Waals surface area contributed by atoms with Crippen LogP contribution in [-0.2, 0) is 9.53 Å². The molecule has 1 aromatic carbocycles. The van der Waals surface area contributed by atoms with Crippen LogP contribution in [0, 0.1) is 0 Å². The second-order valence-corrected chi connectivity index (χ2v) is 2.89. The van der Waals surface area contributed by atoms with Crippen LogP contribution in [0.5, 0.6) is 0 Å². The van der Waals surface area contributed by atoms with E-state index in [1.165, 1.54) is 0 Å². The standard InChI is InChI=1S/C9H6O.C5H6O.2H2O/c10-8-4-7-9-5-2-1-3-6-9;1-2-4-6-5-3-1;;/h1-3,5-7H;1-4H,5H2;2*1H2. The number of ether oxygens (including phenoxy) is 1. The largest absolute Gasteiger partial charge is 0.497 e. The summed E-state index contributed by atoms with van der Waals surface area (Å²) in [5.41, 5.74) is 3.30. The lowest BCUT2D eigenvalue weighted by molar-refractivity contribution is 0.286. The Balaban J connectivity index is 0. The monoisotopic (exact) mass is 248 g/mol. The molecule has 0 aromatic heterocycles. The molecule has 96 valence electrons. The third kappa shape index (κ3) is 8.92. The van der Waals surface area contributed by atoms with Crippen molar-refractivity contribution < 1.29 is 20.5 Å². The van der Waals surface area contributed by atoms with Gasteiger partial charge in [0.2, 0.25) is 0 Å². The lowest BCUT2D eigenvalue weighted by Gasteiger charge is -1.94. The van der Waals surface area contributed by atoms with Gasteiger partial charge in [-0.05, 0) is 29.5 Å². The summed E-state index contributed by atoms with van der Waals surface area (Å²) >= 11 is 0. The van der Waals surface area contributed by atoms with E-state index in [0.717, 1.165) is 12.2 Å². The zero-order chi connectivity index (χ0) is 11.5. The van der Waals surface area contributed by atoms with Crippen LogP contribution in [0.15, 0.2) is 60.6 Å². The molecule has 1 heterocycles. The molecule has 1 aromatic rings. The molecule has 0 saturated heterocycles. The maximum absolute atomic E-state index is 9.71. The second-order valence-electron chi connectivity index (χ2n) is 2.89. The van der Waals surface area contributed by atoms with E-state index in [2.05, 4.69) is 5.73 Å². The van der Waals surface area contributed by atoms with Gasteiger partial charge in [0, 0.05) is 0 Å². The van der Waals surface area contributed by atoms with E-state index in [0.29, 0.717) is 0 Å². The molecule has 0 amide bonds. The molecule has 1 aliphatic heterocycles. The van der Waals surface area contributed by atoms with Gasteiger partial charge in [-0.3, -0.25) is 0 Å². The Labute approximate surface area is 106 Å². The first-order valence-corrected chi connectivity index (χ1v) is 4.87. The molecule has 0 atom stereocenters. The Bertz CT molecular complexity index is 424. The van der Waals surface area contributed by atoms with Crippen LogP contribution < -0.4 is 0 Å². The van der Waals surface area contributed by atoms with Crippen molar-refractivity contribution in [3.63, 3.8) is 0 Å². The molecule has 4 nitrogen and oxygen atoms in total. The predicted octanol–water partition coefficient (Wildman–Crippen LogP) is 1.12. The lowest BCUT2D eigenvalue weighted by atomic mass is 10.2. The molecule has 0 radical (unpaired) electrons. The van der Waals surface area contributed by atoms with Crippen LogP contribution in [0.3, 0.4) is 0 Å². The van der Waals surface area contributed by atoms with Crippen molar-refractivity contribution in [2.75, 3.05) is 6.61 Å². The molecule has 0 spiro atoms. The average Bonchev–Trinajstić information content (AvgIpc) is 2.40. The maximum atomic E-state index is 9.71. The summed E-state index contributed by atoms with van der Waals surface area (Å²) in [6.07, 6.45) is 9.06. The van der Waals surface area contributed by atoms with Crippen LogP contribution in [0.1, 0.15) is 5.56 Å². The van der Waals surface area contributed by atoms with E-state index in [1.807, 2.05) is 48.6 Å². The van der Waals surface area contributed by atoms with E-state index in [9.17, 15) is 4.79 Å². The van der Waals surface area contributed by atoms with Crippen molar-refractivity contribution in [3.8, 4) is 0 Å². The second kappa shape index (κ2) is 12.7. The Morgan fingerprint density at radius 3 is 2.22 bits per heavy atom. The third-order valence-corrected chi connectivity index (χ3v) is 1.71. The highest BCUT2D eigenvalue weighted by Crippen LogP contribution is 1.98. The van der Waals surface area contributed by atoms with Gasteiger partial charge in [-0.15, -0.1) is 0 Å². The third-order valence-electron chi connectivity index (χ3n) is 1.71. The van der Waals surface area contributed by atoms with Gasteiger partial charge < -0.3 is 15.7 Å². The molecular formula is C14H16O4. The van der Waals surface area contributed by atoms with Crippen LogP contribution in [0.4, 0.5) is 0 Å². The van der Waals surface area contributed by atoms with Crippen molar-refractivity contribution in [1.82, 2.24) is 0 Å². The number of hydrogen-bond acceptors (Lipinski definition) is 2. The Kier molecular flexibility index (Phi) is 12.7. The van der Waals surface area contributed by atoms with Crippen molar-refractivity contribution in [2.24, 2.45) is 0 Å². The average molecular weight is 248 g/mol. The maximum Gasteiger partial charge on any atom is 0.177 e. The van der Waals surface area contributed by atoms with E-state index in [1.54, 1.807) is 18.3 Å². The van der Waals surface area contributed by atoms with E-state index >= 15 is 0 Å². The first-order valence-electron chi connectivity index (χ1n) is 4.87. The van der Waals surface area contributed by atoms with E-state index < -0.39 is 0 Å². The quantitative estimate of drug-likeness (QED) is 0.550. The smallest absolute Gasteiger partial charge is 0.177 e. The molecule has 0 unspecified atom stereocenters. The Hall–Kier alpha value is -2.35. The minimum atomic E-state index is 0. The molecule has 0 fully saturated rings. The molecule has 18 heavy (non-hydrogen) atoms. The van der Waals surface area contributed by atoms with Crippen LogP contribution >= 0.6 is 0 Å². The molecule has 0 bridgehead atoms. The van der Waals surface area contributed by atoms with Crippen LogP contribution in [0.25, 0.3) is 6.08 Å². The van der Waals surface area contributed by atoms with Gasteiger partial charge in [-0.2, -0.15) is 0 Å². The summed E-state index contributed by atoms with van der Waals surface area (Å²) in [4.78, 5) is 9.71. The summed E-state index contributed by atoms with van der Waals surface area (Å²) in [6.45, 7) is 0.733. The first-order chi connectivity index (χ1) is 7.93. The van der Waals surface area contributed by atoms with Crippen molar-refractivity contribution in [3.05, 3.63) is 66.1 Å². The summed E-state index contributed by atoms with van der Waals surface area (Å²) < 4.78 is 4.80. The van der Waals surface area contributed by atoms with Gasteiger partial charge in [0.15, 0.2) is 5.94 Å². The van der Waals surface area contributed by atoms with Crippen LogP contribution in [-0.4, -0.2) is 23.5 Å². The minimum Gasteiger partial charge on any atom is -0.497 e. The van der Waals surface area contributed by atoms with E-state index in [-0.39, 0.29) is 11.0 Å². The van der Waals surface area contributed by atoms with Crippen molar-refractivity contribution in [2.45, 2.75) is 0 Å². The topological polar surface area (TPSA) is 89.3 Å². The molecule has 2 rings (SSSR count). The fourth-order valence-corrected chi connectivity index (χ4v) is 1.01. The number of benzene rings is 1. The summed E-state index contributed by atoms with van der Waals surface area (Å²) in [5, 5.41) is 0. The van der Waals surface area contributed by atoms with E-state index in [4.69, 9.17) is 4.74 Å². The highest BCUT2D eigenvalue weighted by Gasteiger charge is 1.78. The Morgan fingerprint density at radius 1 is 1.11 bits per heavy atom. The fraction of sp³-hybridized carbons (Fsp3) is 0.0714. The van der Waals surface area contributed by atoms with Gasteiger partial charge in [-0.1, -0.05) is 36.4 Å². The summed E-state index contributed by atoms with van der Waals surface area (Å²) in [5.74, 6) is 1.56. The highest BCUT2D eigenvalue weighted by atomic mass is 16.5. The first kappa shape index (κ1) is 18.0. The number of rotatable bonds is 1. The zero-order valence-corrected chi connectivity index (χ0v) is 9.80. The zero-order valence-electron chi connectivity index (χ0n) is 9.80. The predicted molar refractivity (Wildman–Crippen MR) is 71.6 cm³/mol. The molecule has 0 aliphatic carbocycles. The molecular weight excluding hydrogens is 232 g/mol. The van der Waals surface area contributed by atoms with Crippen molar-refractivity contribution >= 4 is 12.0 Å². The normalized spacial score (nSPS) is 10.0. The number of hydrogen-bond donors (Lipinski definition) is 0. The van der Waals surface area contributed by atoms with Crippen molar-refractivity contribution in [1.29, 1.82) is 0 Å². The minimum absolute atomic E-state index is 0. The fourth-order valence-electron chi connectivity index (χ4n) is 1.01. The van der Waals surface area contributed by atoms with Gasteiger partial charge in [0.1, 0.15) is 6.61 Å². The number of carbonyl (C=O) groups excluding carboxylic acids is 1. The lowest BCUT2D eigenvalue weighted by Crippen LogP contribution is -1.82. The summed E-state index contributed by atoms with van der Waals surface area (Å²) in [6, 6.07) is 9.51. The van der Waals surface area contributed by atoms with Gasteiger partial charge in [-0.25, -0.2) is 4.79 Å². The van der Waals surface area contributed by atoms with Crippen LogP contribution in [0.2, 0.25) is 0 Å². The number of allylic oxidation sites excluding steroid dienone is 2. The van der Waals surface area contributed by atoms with Gasteiger partial charge in [0.25, 0.3) is 0 Å². The van der Waals surface area contributed by atoms with Gasteiger partial charge in [0.05, 0.1) is 6.26 Å². The molecule has 4 N–H and O–H groups in total. The highest BCUT2D eigenvalue weighted by molar-refractivity contribution is 5.58. The Morgan fingerprint density at radius 2 is 1.83 bits per heavy atom. The SMILES string of the molecule is C1=CCOC=C1.O.O.O=C=C=Cc1ccccc1. The summed E-state index contributed by atoms with van der Waals surface area (Å²) in [7, 11) is 0. The molecule has 1 aliphatic rings.